The predicted octanol–water partition coefficient (Wildman–Crippen LogP) is 1.76. The third-order valence-electron chi connectivity index (χ3n) is 3.75. The minimum atomic E-state index is -0.366. The van der Waals surface area contributed by atoms with Gasteiger partial charge >= 0.3 is 5.97 Å². The van der Waals surface area contributed by atoms with Crippen molar-refractivity contribution in [3.05, 3.63) is 40.9 Å². The predicted molar refractivity (Wildman–Crippen MR) is 115 cm³/mol. The summed E-state index contributed by atoms with van der Waals surface area (Å²) in [6.07, 6.45) is 0.0556. The Labute approximate surface area is 185 Å². The number of thiazole rings is 1. The van der Waals surface area contributed by atoms with E-state index in [0.29, 0.717) is 33.8 Å². The molecule has 11 nitrogen and oxygen atoms in total. The summed E-state index contributed by atoms with van der Waals surface area (Å²) in [7, 11) is 1.69. The lowest BCUT2D eigenvalue weighted by Crippen LogP contribution is -2.15. The van der Waals surface area contributed by atoms with Crippen LogP contribution in [-0.2, 0) is 27.8 Å². The Morgan fingerprint density at radius 3 is 2.65 bits per heavy atom. The second-order valence-corrected chi connectivity index (χ2v) is 7.88. The zero-order chi connectivity index (χ0) is 22.2. The summed E-state index contributed by atoms with van der Waals surface area (Å²) in [4.78, 5) is 40.2. The van der Waals surface area contributed by atoms with Gasteiger partial charge in [0.15, 0.2) is 5.13 Å². The molecule has 0 aliphatic rings. The van der Waals surface area contributed by atoms with Crippen LogP contribution in [0.3, 0.4) is 0 Å². The maximum Gasteiger partial charge on any atom is 0.311 e. The maximum atomic E-state index is 12.4. The number of esters is 1. The van der Waals surface area contributed by atoms with Gasteiger partial charge in [0, 0.05) is 23.7 Å². The number of hydrogen-bond acceptors (Lipinski definition) is 10. The fourth-order valence-electron chi connectivity index (χ4n) is 2.35. The molecule has 2 heterocycles. The quantitative estimate of drug-likeness (QED) is 0.360. The van der Waals surface area contributed by atoms with E-state index in [2.05, 4.69) is 31.1 Å². The molecule has 1 aromatic carbocycles. The van der Waals surface area contributed by atoms with Gasteiger partial charge in [-0.2, -0.15) is 0 Å². The first-order chi connectivity index (χ1) is 14.9. The van der Waals surface area contributed by atoms with E-state index >= 15 is 0 Å². The molecule has 0 atom stereocenters. The van der Waals surface area contributed by atoms with E-state index in [0.717, 1.165) is 0 Å². The third-order valence-corrected chi connectivity index (χ3v) is 5.56. The number of rotatable bonds is 9. The Bertz CT molecular complexity index is 1070. The molecule has 0 aliphatic carbocycles. The second kappa shape index (κ2) is 10.6. The SMILES string of the molecule is CCOC(=O)Cc1csc(NC(=O)c2ccc(NC(=O)CSc3nnnn3C)cc2)n1. The number of tetrazole rings is 1. The average Bonchev–Trinajstić information content (AvgIpc) is 3.35. The number of benzene rings is 1. The molecule has 0 bridgehead atoms. The molecule has 0 unspecified atom stereocenters. The summed E-state index contributed by atoms with van der Waals surface area (Å²) in [5, 5.41) is 19.1. The normalized spacial score (nSPS) is 10.5. The highest BCUT2D eigenvalue weighted by Crippen LogP contribution is 2.18. The minimum Gasteiger partial charge on any atom is -0.466 e. The van der Waals surface area contributed by atoms with Crippen LogP contribution in [0, 0.1) is 0 Å². The van der Waals surface area contributed by atoms with Crippen LogP contribution in [0.1, 0.15) is 23.0 Å². The number of hydrogen-bond donors (Lipinski definition) is 2. The summed E-state index contributed by atoms with van der Waals surface area (Å²) >= 11 is 2.44. The lowest BCUT2D eigenvalue weighted by atomic mass is 10.2. The summed E-state index contributed by atoms with van der Waals surface area (Å²) < 4.78 is 6.36. The van der Waals surface area contributed by atoms with E-state index in [1.165, 1.54) is 27.8 Å². The average molecular weight is 462 g/mol. The number of ether oxygens (including phenoxy) is 1. The Balaban J connectivity index is 1.49. The number of thioether (sulfide) groups is 1. The first-order valence-corrected chi connectivity index (χ1v) is 11.0. The van der Waals surface area contributed by atoms with Crippen molar-refractivity contribution < 1.29 is 19.1 Å². The van der Waals surface area contributed by atoms with Crippen LogP contribution in [0.5, 0.6) is 0 Å². The topological polar surface area (TPSA) is 141 Å². The molecule has 0 spiro atoms. The van der Waals surface area contributed by atoms with Gasteiger partial charge in [0.05, 0.1) is 24.5 Å². The van der Waals surface area contributed by atoms with Crippen molar-refractivity contribution in [1.29, 1.82) is 0 Å². The number of aryl methyl sites for hydroxylation is 1. The number of aromatic nitrogens is 5. The van der Waals surface area contributed by atoms with Crippen LogP contribution in [0.25, 0.3) is 0 Å². The zero-order valence-electron chi connectivity index (χ0n) is 16.7. The van der Waals surface area contributed by atoms with Crippen LogP contribution < -0.4 is 10.6 Å². The molecule has 0 saturated heterocycles. The van der Waals surface area contributed by atoms with Crippen molar-refractivity contribution in [2.75, 3.05) is 23.0 Å². The molecule has 162 valence electrons. The largest absolute Gasteiger partial charge is 0.466 e. The van der Waals surface area contributed by atoms with E-state index in [9.17, 15) is 14.4 Å². The number of nitrogens with one attached hydrogen (secondary N) is 2. The summed E-state index contributed by atoms with van der Waals surface area (Å²) in [5.74, 6) is -0.786. The molecular formula is C18H19N7O4S2. The lowest BCUT2D eigenvalue weighted by molar-refractivity contribution is -0.142. The molecule has 0 fully saturated rings. The molecule has 3 rings (SSSR count). The van der Waals surface area contributed by atoms with Crippen LogP contribution >= 0.6 is 23.1 Å². The Kier molecular flexibility index (Phi) is 7.67. The highest BCUT2D eigenvalue weighted by atomic mass is 32.2. The Morgan fingerprint density at radius 1 is 1.19 bits per heavy atom. The molecule has 13 heteroatoms. The van der Waals surface area contributed by atoms with Gasteiger partial charge in [-0.05, 0) is 41.6 Å². The van der Waals surface area contributed by atoms with Gasteiger partial charge in [-0.15, -0.1) is 16.4 Å². The van der Waals surface area contributed by atoms with Crippen LogP contribution in [0.4, 0.5) is 10.8 Å². The number of carbonyl (C=O) groups excluding carboxylic acids is 3. The van der Waals surface area contributed by atoms with Crippen LogP contribution in [-0.4, -0.2) is 55.3 Å². The first-order valence-electron chi connectivity index (χ1n) is 9.11. The van der Waals surface area contributed by atoms with E-state index in [-0.39, 0.29) is 30.0 Å². The summed E-state index contributed by atoms with van der Waals surface area (Å²) in [6.45, 7) is 2.04. The van der Waals surface area contributed by atoms with Crippen molar-refractivity contribution in [3.63, 3.8) is 0 Å². The molecule has 0 aliphatic heterocycles. The smallest absolute Gasteiger partial charge is 0.311 e. The van der Waals surface area contributed by atoms with Crippen molar-refractivity contribution in [3.8, 4) is 0 Å². The number of carbonyl (C=O) groups is 3. The van der Waals surface area contributed by atoms with Crippen molar-refractivity contribution >= 4 is 51.7 Å². The molecule has 2 aromatic heterocycles. The van der Waals surface area contributed by atoms with Crippen molar-refractivity contribution in [1.82, 2.24) is 25.2 Å². The maximum absolute atomic E-state index is 12.4. The van der Waals surface area contributed by atoms with Crippen molar-refractivity contribution in [2.24, 2.45) is 7.05 Å². The fourth-order valence-corrected chi connectivity index (χ4v) is 3.71. The minimum absolute atomic E-state index is 0.0556. The molecule has 2 amide bonds. The summed E-state index contributed by atoms with van der Waals surface area (Å²) in [6, 6.07) is 6.46. The Morgan fingerprint density at radius 2 is 1.97 bits per heavy atom. The molecule has 31 heavy (non-hydrogen) atoms. The van der Waals surface area contributed by atoms with E-state index in [1.54, 1.807) is 43.6 Å². The monoisotopic (exact) mass is 461 g/mol. The van der Waals surface area contributed by atoms with E-state index in [1.807, 2.05) is 0 Å². The van der Waals surface area contributed by atoms with Gasteiger partial charge in [0.1, 0.15) is 0 Å². The lowest BCUT2D eigenvalue weighted by Gasteiger charge is -2.06. The van der Waals surface area contributed by atoms with Crippen LogP contribution in [0.2, 0.25) is 0 Å². The zero-order valence-corrected chi connectivity index (χ0v) is 18.3. The molecular weight excluding hydrogens is 442 g/mol. The first kappa shape index (κ1) is 22.4. The van der Waals surface area contributed by atoms with Gasteiger partial charge in [0.25, 0.3) is 5.91 Å². The van der Waals surface area contributed by atoms with E-state index < -0.39 is 0 Å². The van der Waals surface area contributed by atoms with E-state index in [4.69, 9.17) is 4.74 Å². The number of amides is 2. The van der Waals surface area contributed by atoms with Crippen LogP contribution in [0.15, 0.2) is 34.8 Å². The van der Waals surface area contributed by atoms with Gasteiger partial charge in [0.2, 0.25) is 11.1 Å². The highest BCUT2D eigenvalue weighted by Gasteiger charge is 2.13. The fraction of sp³-hybridized carbons (Fsp3) is 0.278. The molecule has 2 N–H and O–H groups in total. The Hall–Kier alpha value is -3.32. The number of nitrogens with zero attached hydrogens (tertiary/aromatic N) is 5. The third kappa shape index (κ3) is 6.58. The summed E-state index contributed by atoms with van der Waals surface area (Å²) in [5.41, 5.74) is 1.50. The van der Waals surface area contributed by atoms with Gasteiger partial charge in [-0.3, -0.25) is 19.7 Å². The standard InChI is InChI=1S/C18H19N7O4S2/c1-3-29-15(27)8-13-9-30-17(20-13)21-16(28)11-4-6-12(7-5-11)19-14(26)10-31-18-22-23-24-25(18)2/h4-7,9H,3,8,10H2,1-2H3,(H,19,26)(H,20,21,28). The molecule has 3 aromatic rings. The van der Waals surface area contributed by atoms with Gasteiger partial charge in [-0.25, -0.2) is 9.67 Å². The highest BCUT2D eigenvalue weighted by molar-refractivity contribution is 7.99. The number of anilines is 2. The molecule has 0 radical (unpaired) electrons. The second-order valence-electron chi connectivity index (χ2n) is 6.08. The van der Waals surface area contributed by atoms with Gasteiger partial charge < -0.3 is 10.1 Å². The molecule has 0 saturated carbocycles. The van der Waals surface area contributed by atoms with Gasteiger partial charge in [-0.1, -0.05) is 11.8 Å². The van der Waals surface area contributed by atoms with Crippen molar-refractivity contribution in [2.45, 2.75) is 18.5 Å².